The second-order valence-corrected chi connectivity index (χ2v) is 6.72. The lowest BCUT2D eigenvalue weighted by molar-refractivity contribution is -0.141. The van der Waals surface area contributed by atoms with Gasteiger partial charge in [-0.2, -0.15) is 18.3 Å². The van der Waals surface area contributed by atoms with E-state index in [4.69, 9.17) is 0 Å². The monoisotopic (exact) mass is 380 g/mol. The highest BCUT2D eigenvalue weighted by Gasteiger charge is 2.36. The fourth-order valence-electron chi connectivity index (χ4n) is 3.76. The maximum absolute atomic E-state index is 14.2. The summed E-state index contributed by atoms with van der Waals surface area (Å²) in [7, 11) is 0. The van der Waals surface area contributed by atoms with Crippen molar-refractivity contribution in [3.8, 4) is 0 Å². The SMILES string of the molecule is Cc1ccc(F)c2[nH]c3c(c12)[C@H](C)N(C(=O)c1cc(C(F)(F)F)[nH]n1)CC3. The highest BCUT2D eigenvalue weighted by molar-refractivity contribution is 5.94. The highest BCUT2D eigenvalue weighted by Crippen LogP contribution is 2.38. The number of nitrogens with zero attached hydrogens (tertiary/aromatic N) is 2. The van der Waals surface area contributed by atoms with E-state index in [1.165, 1.54) is 11.0 Å². The molecule has 1 aromatic carbocycles. The van der Waals surface area contributed by atoms with E-state index < -0.39 is 23.8 Å². The van der Waals surface area contributed by atoms with Crippen LogP contribution in [0.2, 0.25) is 0 Å². The third-order valence-electron chi connectivity index (χ3n) is 5.08. The van der Waals surface area contributed by atoms with Crippen molar-refractivity contribution in [2.75, 3.05) is 6.54 Å². The molecule has 1 aliphatic rings. The first-order chi connectivity index (χ1) is 12.7. The first-order valence-electron chi connectivity index (χ1n) is 8.41. The average molecular weight is 380 g/mol. The third-order valence-corrected chi connectivity index (χ3v) is 5.08. The van der Waals surface area contributed by atoms with Gasteiger partial charge < -0.3 is 9.88 Å². The number of aromatic nitrogens is 3. The molecule has 3 aromatic rings. The molecule has 0 saturated carbocycles. The third kappa shape index (κ3) is 2.68. The molecule has 27 heavy (non-hydrogen) atoms. The molecule has 5 nitrogen and oxygen atoms in total. The average Bonchev–Trinajstić information content (AvgIpc) is 3.23. The molecule has 0 spiro atoms. The Morgan fingerprint density at radius 3 is 2.74 bits per heavy atom. The van der Waals surface area contributed by atoms with Crippen molar-refractivity contribution in [1.82, 2.24) is 20.1 Å². The van der Waals surface area contributed by atoms with Gasteiger partial charge in [-0.05, 0) is 25.5 Å². The molecule has 0 radical (unpaired) electrons. The number of nitrogens with one attached hydrogen (secondary N) is 2. The number of aromatic amines is 2. The number of carbonyl (C=O) groups is 1. The van der Waals surface area contributed by atoms with Crippen LogP contribution in [-0.2, 0) is 12.6 Å². The summed E-state index contributed by atoms with van der Waals surface area (Å²) in [6.07, 6.45) is -4.15. The Balaban J connectivity index is 1.73. The van der Waals surface area contributed by atoms with Crippen molar-refractivity contribution in [3.05, 3.63) is 52.2 Å². The standard InChI is InChI=1S/C18H16F4N4O/c1-8-3-4-10(19)16-14(8)15-9(2)26(6-5-11(15)23-16)17(27)12-7-13(25-24-12)18(20,21)22/h3-4,7,9,23H,5-6H2,1-2H3,(H,24,25)/t9-/m0/s1. The number of rotatable bonds is 1. The largest absolute Gasteiger partial charge is 0.432 e. The zero-order chi connectivity index (χ0) is 19.5. The molecular formula is C18H16F4N4O. The van der Waals surface area contributed by atoms with Crippen LogP contribution >= 0.6 is 0 Å². The van der Waals surface area contributed by atoms with Gasteiger partial charge in [0, 0.05) is 35.7 Å². The fraction of sp³-hybridized carbons (Fsp3) is 0.333. The van der Waals surface area contributed by atoms with Crippen LogP contribution in [-0.4, -0.2) is 32.5 Å². The maximum atomic E-state index is 14.2. The molecule has 0 unspecified atom stereocenters. The van der Waals surface area contributed by atoms with E-state index in [0.717, 1.165) is 16.8 Å². The van der Waals surface area contributed by atoms with E-state index in [0.29, 0.717) is 29.9 Å². The van der Waals surface area contributed by atoms with E-state index >= 15 is 0 Å². The second-order valence-electron chi connectivity index (χ2n) is 6.72. The van der Waals surface area contributed by atoms with Gasteiger partial charge in [0.15, 0.2) is 5.69 Å². The predicted molar refractivity (Wildman–Crippen MR) is 89.7 cm³/mol. The molecule has 4 rings (SSSR count). The van der Waals surface area contributed by atoms with E-state index in [9.17, 15) is 22.4 Å². The Labute approximate surface area is 151 Å². The lowest BCUT2D eigenvalue weighted by Crippen LogP contribution is -2.38. The minimum absolute atomic E-state index is 0.291. The number of fused-ring (bicyclic) bond motifs is 3. The smallest absolute Gasteiger partial charge is 0.356 e. The van der Waals surface area contributed by atoms with Gasteiger partial charge in [0.2, 0.25) is 0 Å². The van der Waals surface area contributed by atoms with E-state index in [1.807, 2.05) is 12.0 Å². The van der Waals surface area contributed by atoms with Crippen LogP contribution in [0.4, 0.5) is 17.6 Å². The zero-order valence-corrected chi connectivity index (χ0v) is 14.5. The molecule has 9 heteroatoms. The molecule has 142 valence electrons. The second kappa shape index (κ2) is 5.83. The van der Waals surface area contributed by atoms with Crippen molar-refractivity contribution in [2.45, 2.75) is 32.5 Å². The number of carbonyl (C=O) groups excluding carboxylic acids is 1. The Kier molecular flexibility index (Phi) is 3.79. The van der Waals surface area contributed by atoms with Crippen LogP contribution in [0.25, 0.3) is 10.9 Å². The molecular weight excluding hydrogens is 364 g/mol. The van der Waals surface area contributed by atoms with Gasteiger partial charge in [-0.25, -0.2) is 4.39 Å². The van der Waals surface area contributed by atoms with E-state index in [2.05, 4.69) is 10.1 Å². The number of amides is 1. The molecule has 2 aromatic heterocycles. The fourth-order valence-corrected chi connectivity index (χ4v) is 3.76. The van der Waals surface area contributed by atoms with Gasteiger partial charge in [0.05, 0.1) is 11.6 Å². The quantitative estimate of drug-likeness (QED) is 0.624. The summed E-state index contributed by atoms with van der Waals surface area (Å²) in [4.78, 5) is 17.3. The van der Waals surface area contributed by atoms with Crippen molar-refractivity contribution in [3.63, 3.8) is 0 Å². The van der Waals surface area contributed by atoms with Crippen molar-refractivity contribution in [2.24, 2.45) is 0 Å². The summed E-state index contributed by atoms with van der Waals surface area (Å²) >= 11 is 0. The van der Waals surface area contributed by atoms with Crippen molar-refractivity contribution >= 4 is 16.8 Å². The van der Waals surface area contributed by atoms with Crippen LogP contribution in [0.3, 0.4) is 0 Å². The topological polar surface area (TPSA) is 64.8 Å². The van der Waals surface area contributed by atoms with Gasteiger partial charge in [0.1, 0.15) is 11.5 Å². The Hall–Kier alpha value is -2.84. The van der Waals surface area contributed by atoms with Crippen LogP contribution in [0.1, 0.15) is 46.0 Å². The van der Waals surface area contributed by atoms with Gasteiger partial charge in [0.25, 0.3) is 5.91 Å². The lowest BCUT2D eigenvalue weighted by Gasteiger charge is -2.33. The first-order valence-corrected chi connectivity index (χ1v) is 8.41. The van der Waals surface area contributed by atoms with Gasteiger partial charge >= 0.3 is 6.18 Å². The highest BCUT2D eigenvalue weighted by atomic mass is 19.4. The number of H-pyrrole nitrogens is 2. The lowest BCUT2D eigenvalue weighted by atomic mass is 9.94. The maximum Gasteiger partial charge on any atom is 0.432 e. The van der Waals surface area contributed by atoms with Gasteiger partial charge in [-0.15, -0.1) is 0 Å². The zero-order valence-electron chi connectivity index (χ0n) is 14.5. The van der Waals surface area contributed by atoms with Crippen LogP contribution in [0.5, 0.6) is 0 Å². The van der Waals surface area contributed by atoms with E-state index in [-0.39, 0.29) is 11.5 Å². The molecule has 3 heterocycles. The number of benzene rings is 1. The number of aryl methyl sites for hydroxylation is 1. The number of halogens is 4. The van der Waals surface area contributed by atoms with E-state index in [1.54, 1.807) is 13.0 Å². The summed E-state index contributed by atoms with van der Waals surface area (Å²) < 4.78 is 52.5. The number of alkyl halides is 3. The molecule has 1 atom stereocenters. The van der Waals surface area contributed by atoms with Crippen molar-refractivity contribution < 1.29 is 22.4 Å². The first kappa shape index (κ1) is 17.6. The number of hydrogen-bond acceptors (Lipinski definition) is 2. The normalized spacial score (nSPS) is 17.4. The van der Waals surface area contributed by atoms with Crippen molar-refractivity contribution in [1.29, 1.82) is 0 Å². The molecule has 1 aliphatic heterocycles. The van der Waals surface area contributed by atoms with Crippen LogP contribution in [0, 0.1) is 12.7 Å². The summed E-state index contributed by atoms with van der Waals surface area (Å²) in [6, 6.07) is 3.34. The predicted octanol–water partition coefficient (Wildman–Crippen LogP) is 4.12. The number of hydrogen-bond donors (Lipinski definition) is 2. The minimum Gasteiger partial charge on any atom is -0.356 e. The van der Waals surface area contributed by atoms with Gasteiger partial charge in [-0.3, -0.25) is 9.89 Å². The summed E-state index contributed by atoms with van der Waals surface area (Å²) in [5.74, 6) is -0.972. The summed E-state index contributed by atoms with van der Waals surface area (Å²) in [6.45, 7) is 3.94. The summed E-state index contributed by atoms with van der Waals surface area (Å²) in [5, 5.41) is 6.10. The molecule has 0 aliphatic carbocycles. The minimum atomic E-state index is -4.60. The molecule has 0 bridgehead atoms. The Bertz CT molecular complexity index is 1050. The van der Waals surface area contributed by atoms with Crippen LogP contribution in [0.15, 0.2) is 18.2 Å². The Morgan fingerprint density at radius 2 is 2.07 bits per heavy atom. The summed E-state index contributed by atoms with van der Waals surface area (Å²) in [5.41, 5.74) is 1.53. The Morgan fingerprint density at radius 1 is 1.33 bits per heavy atom. The molecule has 1 amide bonds. The molecule has 0 saturated heterocycles. The molecule has 0 fully saturated rings. The van der Waals surface area contributed by atoms with Crippen LogP contribution < -0.4 is 0 Å². The van der Waals surface area contributed by atoms with Gasteiger partial charge in [-0.1, -0.05) is 6.07 Å². The molecule has 2 N–H and O–H groups in total.